The lowest BCUT2D eigenvalue weighted by Gasteiger charge is -2.24. The number of furan rings is 1. The van der Waals surface area contributed by atoms with E-state index in [1.54, 1.807) is 13.4 Å². The fourth-order valence-electron chi connectivity index (χ4n) is 2.55. The van der Waals surface area contributed by atoms with E-state index in [1.165, 1.54) is 0 Å². The zero-order chi connectivity index (χ0) is 17.2. The highest BCUT2D eigenvalue weighted by atomic mass is 16.5. The minimum atomic E-state index is -0.567. The minimum absolute atomic E-state index is 0.268. The Bertz CT molecular complexity index is 571. The van der Waals surface area contributed by atoms with Gasteiger partial charge in [0.15, 0.2) is 0 Å². The Labute approximate surface area is 143 Å². The molecule has 1 atom stereocenters. The number of aryl methyl sites for hydroxylation is 1. The first-order valence-electron chi connectivity index (χ1n) is 8.29. The van der Waals surface area contributed by atoms with E-state index >= 15 is 0 Å². The maximum Gasteiger partial charge on any atom is 0.122 e. The zero-order valence-corrected chi connectivity index (χ0v) is 14.5. The van der Waals surface area contributed by atoms with Crippen LogP contribution in [0.3, 0.4) is 0 Å². The number of methoxy groups -OCH3 is 1. The third-order valence-electron chi connectivity index (χ3n) is 3.78. The zero-order valence-electron chi connectivity index (χ0n) is 14.5. The summed E-state index contributed by atoms with van der Waals surface area (Å²) in [6, 6.07) is 11.6. The number of aliphatic hydroxyl groups is 1. The van der Waals surface area contributed by atoms with Gasteiger partial charge in [0.2, 0.25) is 0 Å². The van der Waals surface area contributed by atoms with E-state index < -0.39 is 6.10 Å². The van der Waals surface area contributed by atoms with Gasteiger partial charge in [0.05, 0.1) is 12.8 Å². The molecule has 2 rings (SSSR count). The Kier molecular flexibility index (Phi) is 7.82. The van der Waals surface area contributed by atoms with E-state index in [2.05, 4.69) is 4.90 Å². The van der Waals surface area contributed by atoms with Crippen LogP contribution in [-0.2, 0) is 11.3 Å². The summed E-state index contributed by atoms with van der Waals surface area (Å²) in [6.45, 7) is 4.98. The molecule has 0 aliphatic rings. The predicted octanol–water partition coefficient (Wildman–Crippen LogP) is 2.87. The number of hydrogen-bond acceptors (Lipinski definition) is 5. The maximum atomic E-state index is 10.3. The Balaban J connectivity index is 1.83. The average Bonchev–Trinajstić information content (AvgIpc) is 3.07. The topological polar surface area (TPSA) is 55.1 Å². The number of aliphatic hydroxyl groups excluding tert-OH is 1. The highest BCUT2D eigenvalue weighted by molar-refractivity contribution is 5.31. The third-order valence-corrected chi connectivity index (χ3v) is 3.78. The molecule has 24 heavy (non-hydrogen) atoms. The molecule has 1 aromatic carbocycles. The lowest BCUT2D eigenvalue weighted by molar-refractivity contribution is 0.0592. The van der Waals surface area contributed by atoms with Crippen LogP contribution in [0.2, 0.25) is 0 Å². The van der Waals surface area contributed by atoms with Crippen molar-refractivity contribution in [3.8, 4) is 5.75 Å². The molecule has 0 saturated carbocycles. The second-order valence-electron chi connectivity index (χ2n) is 5.89. The molecule has 0 unspecified atom stereocenters. The summed E-state index contributed by atoms with van der Waals surface area (Å²) in [5.41, 5.74) is 1.07. The van der Waals surface area contributed by atoms with Crippen molar-refractivity contribution in [2.45, 2.75) is 26.0 Å². The monoisotopic (exact) mass is 333 g/mol. The maximum absolute atomic E-state index is 10.3. The van der Waals surface area contributed by atoms with Crippen molar-refractivity contribution in [1.29, 1.82) is 0 Å². The van der Waals surface area contributed by atoms with Gasteiger partial charge in [0.1, 0.15) is 24.2 Å². The molecule has 0 spiro atoms. The van der Waals surface area contributed by atoms with Crippen LogP contribution < -0.4 is 4.74 Å². The van der Waals surface area contributed by atoms with Crippen molar-refractivity contribution in [2.75, 3.05) is 33.4 Å². The van der Waals surface area contributed by atoms with Crippen molar-refractivity contribution in [1.82, 2.24) is 4.90 Å². The third kappa shape index (κ3) is 6.35. The van der Waals surface area contributed by atoms with Gasteiger partial charge in [0.25, 0.3) is 0 Å². The number of hydrogen-bond donors (Lipinski definition) is 1. The normalized spacial score (nSPS) is 12.5. The first kappa shape index (κ1) is 18.5. The SMILES string of the molecule is COCCCN(Cc1ccco1)C[C@@H](O)COc1ccccc1C. The van der Waals surface area contributed by atoms with Crippen LogP contribution in [0.5, 0.6) is 5.75 Å². The van der Waals surface area contributed by atoms with Gasteiger partial charge < -0.3 is 19.0 Å². The predicted molar refractivity (Wildman–Crippen MR) is 93.2 cm³/mol. The number of nitrogens with zero attached hydrogens (tertiary/aromatic N) is 1. The summed E-state index contributed by atoms with van der Waals surface area (Å²) in [6.07, 6.45) is 2.00. The van der Waals surface area contributed by atoms with Gasteiger partial charge in [-0.2, -0.15) is 0 Å². The van der Waals surface area contributed by atoms with Crippen LogP contribution in [-0.4, -0.2) is 49.5 Å². The van der Waals surface area contributed by atoms with Gasteiger partial charge in [-0.1, -0.05) is 18.2 Å². The fourth-order valence-corrected chi connectivity index (χ4v) is 2.55. The Hall–Kier alpha value is -1.82. The first-order chi connectivity index (χ1) is 11.7. The van der Waals surface area contributed by atoms with Gasteiger partial charge in [-0.3, -0.25) is 4.90 Å². The standard InChI is InChI=1S/C19H27NO4/c1-16-7-3-4-9-19(16)24-15-17(21)13-20(10-6-11-22-2)14-18-8-5-12-23-18/h3-5,7-9,12,17,21H,6,10-11,13-15H2,1-2H3/t17-/m1/s1. The molecule has 0 amide bonds. The van der Waals surface area contributed by atoms with Crippen molar-refractivity contribution in [2.24, 2.45) is 0 Å². The summed E-state index contributed by atoms with van der Waals surface area (Å²) >= 11 is 0. The van der Waals surface area contributed by atoms with E-state index in [4.69, 9.17) is 13.9 Å². The lowest BCUT2D eigenvalue weighted by Crippen LogP contribution is -2.36. The molecule has 1 heterocycles. The molecular weight excluding hydrogens is 306 g/mol. The highest BCUT2D eigenvalue weighted by Gasteiger charge is 2.14. The van der Waals surface area contributed by atoms with E-state index in [-0.39, 0.29) is 6.61 Å². The molecule has 0 aliphatic heterocycles. The smallest absolute Gasteiger partial charge is 0.122 e. The van der Waals surface area contributed by atoms with Gasteiger partial charge in [-0.05, 0) is 37.1 Å². The van der Waals surface area contributed by atoms with Crippen LogP contribution in [0.25, 0.3) is 0 Å². The first-order valence-corrected chi connectivity index (χ1v) is 8.29. The molecule has 0 radical (unpaired) electrons. The van der Waals surface area contributed by atoms with E-state index in [0.29, 0.717) is 19.7 Å². The summed E-state index contributed by atoms with van der Waals surface area (Å²) in [5, 5.41) is 10.3. The summed E-state index contributed by atoms with van der Waals surface area (Å²) < 4.78 is 16.3. The van der Waals surface area contributed by atoms with E-state index in [0.717, 1.165) is 30.0 Å². The van der Waals surface area contributed by atoms with Gasteiger partial charge >= 0.3 is 0 Å². The highest BCUT2D eigenvalue weighted by Crippen LogP contribution is 2.16. The number of benzene rings is 1. The number of rotatable bonds is 11. The molecule has 5 heteroatoms. The second-order valence-corrected chi connectivity index (χ2v) is 5.89. The molecule has 132 valence electrons. The quantitative estimate of drug-likeness (QED) is 0.641. The largest absolute Gasteiger partial charge is 0.491 e. The molecule has 2 aromatic rings. The molecule has 1 N–H and O–H groups in total. The van der Waals surface area contributed by atoms with Gasteiger partial charge in [0, 0.05) is 26.8 Å². The number of ether oxygens (including phenoxy) is 2. The molecule has 0 saturated heterocycles. The molecule has 0 aliphatic carbocycles. The van der Waals surface area contributed by atoms with Crippen molar-refractivity contribution < 1.29 is 19.0 Å². The van der Waals surface area contributed by atoms with Crippen LogP contribution >= 0.6 is 0 Å². The Morgan fingerprint density at radius 1 is 1.21 bits per heavy atom. The van der Waals surface area contributed by atoms with Crippen LogP contribution in [0.1, 0.15) is 17.7 Å². The molecule has 0 bridgehead atoms. The van der Waals surface area contributed by atoms with Crippen molar-refractivity contribution in [3.63, 3.8) is 0 Å². The fraction of sp³-hybridized carbons (Fsp3) is 0.474. The van der Waals surface area contributed by atoms with Crippen LogP contribution in [0.15, 0.2) is 47.1 Å². The molecule has 1 aromatic heterocycles. The molecule has 0 fully saturated rings. The van der Waals surface area contributed by atoms with Crippen LogP contribution in [0.4, 0.5) is 0 Å². The Morgan fingerprint density at radius 2 is 2.04 bits per heavy atom. The second kappa shape index (κ2) is 10.1. The summed E-state index contributed by atoms with van der Waals surface area (Å²) in [4.78, 5) is 2.16. The lowest BCUT2D eigenvalue weighted by atomic mass is 10.2. The van der Waals surface area contributed by atoms with E-state index in [9.17, 15) is 5.11 Å². The molecular formula is C19H27NO4. The van der Waals surface area contributed by atoms with Crippen LogP contribution in [0, 0.1) is 6.92 Å². The average molecular weight is 333 g/mol. The van der Waals surface area contributed by atoms with Crippen molar-refractivity contribution in [3.05, 3.63) is 54.0 Å². The summed E-state index contributed by atoms with van der Waals surface area (Å²) in [7, 11) is 1.70. The minimum Gasteiger partial charge on any atom is -0.491 e. The van der Waals surface area contributed by atoms with E-state index in [1.807, 2.05) is 43.3 Å². The number of para-hydroxylation sites is 1. The van der Waals surface area contributed by atoms with Crippen molar-refractivity contribution >= 4 is 0 Å². The summed E-state index contributed by atoms with van der Waals surface area (Å²) in [5.74, 6) is 1.70. The van der Waals surface area contributed by atoms with Gasteiger partial charge in [-0.25, -0.2) is 0 Å². The van der Waals surface area contributed by atoms with Gasteiger partial charge in [-0.15, -0.1) is 0 Å². The Morgan fingerprint density at radius 3 is 2.75 bits per heavy atom. The molecule has 5 nitrogen and oxygen atoms in total.